The first kappa shape index (κ1) is 22.2. The third-order valence-corrected chi connectivity index (χ3v) is 8.17. The number of carbonyl (C=O) groups excluding carboxylic acids is 1. The van der Waals surface area contributed by atoms with Gasteiger partial charge in [-0.05, 0) is 12.0 Å². The molecule has 3 unspecified atom stereocenters. The molecule has 1 heterocycles. The van der Waals surface area contributed by atoms with E-state index in [9.17, 15) is 18.3 Å². The Morgan fingerprint density at radius 2 is 2.03 bits per heavy atom. The Kier molecular flexibility index (Phi) is 6.11. The molecule has 1 aromatic carbocycles. The quantitative estimate of drug-likeness (QED) is 0.484. The predicted octanol–water partition coefficient (Wildman–Crippen LogP) is 0.658. The van der Waals surface area contributed by atoms with Crippen LogP contribution in [0.25, 0.3) is 11.5 Å². The molecular weight excluding hydrogens is 450 g/mol. The molecule has 2 aliphatic carbocycles. The lowest BCUT2D eigenvalue weighted by Gasteiger charge is -2.27. The number of H-pyrrole nitrogens is 1. The van der Waals surface area contributed by atoms with E-state index >= 15 is 0 Å². The highest BCUT2D eigenvalue weighted by atomic mass is 32.2. The van der Waals surface area contributed by atoms with Gasteiger partial charge in [0.25, 0.3) is 0 Å². The van der Waals surface area contributed by atoms with Gasteiger partial charge in [0.15, 0.2) is 5.16 Å². The van der Waals surface area contributed by atoms with Crippen molar-refractivity contribution in [2.24, 2.45) is 5.92 Å². The normalized spacial score (nSPS) is 22.8. The number of aliphatic hydroxyl groups excluding tert-OH is 1. The zero-order chi connectivity index (χ0) is 22.9. The van der Waals surface area contributed by atoms with Gasteiger partial charge in [-0.25, -0.2) is 13.4 Å². The number of aliphatic hydroxyl groups is 1. The van der Waals surface area contributed by atoms with Gasteiger partial charge in [0.1, 0.15) is 17.3 Å². The van der Waals surface area contributed by atoms with Crippen LogP contribution in [0.2, 0.25) is 0 Å². The minimum Gasteiger partial charge on any atom is -0.510 e. The lowest BCUT2D eigenvalue weighted by Crippen LogP contribution is -2.44. The van der Waals surface area contributed by atoms with Gasteiger partial charge in [0, 0.05) is 35.2 Å². The van der Waals surface area contributed by atoms with Crippen molar-refractivity contribution in [2.45, 2.75) is 35.9 Å². The number of aromatic nitrogens is 3. The molecule has 2 aliphatic rings. The molecule has 11 heteroatoms. The summed E-state index contributed by atoms with van der Waals surface area (Å²) in [5, 5.41) is 20.6. The predicted molar refractivity (Wildman–Crippen MR) is 122 cm³/mol. The van der Waals surface area contributed by atoms with E-state index in [1.165, 1.54) is 25.0 Å². The van der Waals surface area contributed by atoms with Crippen LogP contribution in [0.1, 0.15) is 20.3 Å². The molecule has 32 heavy (non-hydrogen) atoms. The molecule has 4 rings (SSSR count). The van der Waals surface area contributed by atoms with Crippen LogP contribution < -0.4 is 20.5 Å². The summed E-state index contributed by atoms with van der Waals surface area (Å²) >= 11 is 1.28. The monoisotopic (exact) mass is 473 g/mol. The van der Waals surface area contributed by atoms with E-state index in [0.29, 0.717) is 27.0 Å². The minimum absolute atomic E-state index is 0.166. The number of carbonyl (C=O) groups is 1. The van der Waals surface area contributed by atoms with Crippen LogP contribution in [0.3, 0.4) is 0 Å². The van der Waals surface area contributed by atoms with Gasteiger partial charge >= 0.3 is 0 Å². The van der Waals surface area contributed by atoms with Gasteiger partial charge in [0.05, 0.1) is 5.25 Å². The molecular formula is C21H23N5O4S2. The number of rotatable bonds is 6. The Labute approximate surface area is 189 Å². The second-order valence-corrected chi connectivity index (χ2v) is 10.7. The van der Waals surface area contributed by atoms with Gasteiger partial charge < -0.3 is 10.4 Å². The maximum Gasteiger partial charge on any atom is 0.239 e. The van der Waals surface area contributed by atoms with E-state index in [0.717, 1.165) is 0 Å². The van der Waals surface area contributed by atoms with Crippen LogP contribution in [0.5, 0.6) is 0 Å². The minimum atomic E-state index is -3.80. The number of fused-ring (bicyclic) bond motifs is 1. The van der Waals surface area contributed by atoms with Crippen molar-refractivity contribution in [1.29, 1.82) is 0 Å². The third kappa shape index (κ3) is 4.58. The second kappa shape index (κ2) is 8.83. The summed E-state index contributed by atoms with van der Waals surface area (Å²) in [6.45, 7) is 3.19. The summed E-state index contributed by atoms with van der Waals surface area (Å²) in [6, 6.07) is 7.14. The first-order valence-electron chi connectivity index (χ1n) is 9.97. The van der Waals surface area contributed by atoms with Crippen molar-refractivity contribution in [2.75, 3.05) is 0 Å². The smallest absolute Gasteiger partial charge is 0.239 e. The van der Waals surface area contributed by atoms with E-state index in [2.05, 4.69) is 25.2 Å². The molecule has 1 aromatic heterocycles. The number of thioether (sulfide) groups is 1. The Hall–Kier alpha value is -3.05. The standard InChI is InChI=1S/C21H23N5O4S2/c1-12-9-14(24-13(2)27)7-8-19(12)32(29,30)26-17-10-18(31-21-22-11-23-25-21)20(28)16-6-4-3-5-15(16)17/h3-9,11-12,18-19,26,28H,10H2,1-2H3,(H,24,27)(H,22,23,25). The van der Waals surface area contributed by atoms with Crippen LogP contribution in [0.4, 0.5) is 0 Å². The van der Waals surface area contributed by atoms with E-state index in [1.54, 1.807) is 49.4 Å². The zero-order valence-electron chi connectivity index (χ0n) is 17.4. The molecule has 0 aliphatic heterocycles. The number of amides is 1. The maximum atomic E-state index is 13.3. The molecule has 0 fully saturated rings. The molecule has 0 saturated heterocycles. The summed E-state index contributed by atoms with van der Waals surface area (Å²) < 4.78 is 29.4. The fourth-order valence-corrected chi connectivity index (χ4v) is 6.41. The largest absolute Gasteiger partial charge is 0.510 e. The third-order valence-electron chi connectivity index (χ3n) is 5.24. The number of hydrogen-bond donors (Lipinski definition) is 4. The van der Waals surface area contributed by atoms with Crippen LogP contribution in [-0.2, 0) is 14.8 Å². The number of nitrogens with one attached hydrogen (secondary N) is 3. The van der Waals surface area contributed by atoms with Crippen LogP contribution in [0.15, 0.2) is 59.7 Å². The Balaban J connectivity index is 1.65. The summed E-state index contributed by atoms with van der Waals surface area (Å²) in [7, 11) is -3.80. The lowest BCUT2D eigenvalue weighted by atomic mass is 10.0. The molecule has 0 radical (unpaired) electrons. The SMILES string of the molecule is CC(=O)NC1=CC(C)C(S(=O)(=O)NC2=c3ccccc3=C(O)C(Sc3ncn[nH]3)C2)C=C1. The van der Waals surface area contributed by atoms with Gasteiger partial charge in [-0.3, -0.25) is 14.6 Å². The zero-order valence-corrected chi connectivity index (χ0v) is 19.1. The lowest BCUT2D eigenvalue weighted by molar-refractivity contribution is -0.118. The second-order valence-electron chi connectivity index (χ2n) is 7.64. The average molecular weight is 474 g/mol. The molecule has 4 N–H and O–H groups in total. The maximum absolute atomic E-state index is 13.3. The van der Waals surface area contributed by atoms with Gasteiger partial charge in [-0.1, -0.05) is 55.1 Å². The molecule has 168 valence electrons. The highest BCUT2D eigenvalue weighted by molar-refractivity contribution is 8.00. The fourth-order valence-electron chi connectivity index (χ4n) is 3.83. The van der Waals surface area contributed by atoms with E-state index < -0.39 is 20.5 Å². The first-order valence-corrected chi connectivity index (χ1v) is 12.4. The molecule has 0 spiro atoms. The molecule has 1 amide bonds. The molecule has 2 aromatic rings. The highest BCUT2D eigenvalue weighted by Crippen LogP contribution is 2.31. The molecule has 3 atom stereocenters. The number of aromatic amines is 1. The van der Waals surface area contributed by atoms with E-state index in [4.69, 9.17) is 0 Å². The van der Waals surface area contributed by atoms with Gasteiger partial charge in [-0.15, -0.1) is 0 Å². The Morgan fingerprint density at radius 1 is 1.28 bits per heavy atom. The van der Waals surface area contributed by atoms with Crippen LogP contribution in [-0.4, -0.2) is 45.1 Å². The Bertz CT molecular complexity index is 1320. The average Bonchev–Trinajstić information content (AvgIpc) is 3.24. The summed E-state index contributed by atoms with van der Waals surface area (Å²) in [5.74, 6) is -0.398. The first-order chi connectivity index (χ1) is 15.2. The summed E-state index contributed by atoms with van der Waals surface area (Å²) in [4.78, 5) is 15.4. The van der Waals surface area contributed by atoms with Crippen molar-refractivity contribution in [3.63, 3.8) is 0 Å². The summed E-state index contributed by atoms with van der Waals surface area (Å²) in [5.41, 5.74) is 1.09. The van der Waals surface area contributed by atoms with Gasteiger partial charge in [0.2, 0.25) is 15.9 Å². The molecule has 0 saturated carbocycles. The van der Waals surface area contributed by atoms with E-state index in [-0.39, 0.29) is 24.0 Å². The number of hydrogen-bond acceptors (Lipinski definition) is 7. The van der Waals surface area contributed by atoms with Crippen molar-refractivity contribution < 1.29 is 18.3 Å². The van der Waals surface area contributed by atoms with Crippen molar-refractivity contribution >= 4 is 39.1 Å². The molecule has 0 bridgehead atoms. The summed E-state index contributed by atoms with van der Waals surface area (Å²) in [6.07, 6.45) is 6.56. The number of benzene rings is 1. The van der Waals surface area contributed by atoms with Crippen molar-refractivity contribution in [3.05, 3.63) is 65.0 Å². The fraction of sp³-hybridized carbons (Fsp3) is 0.286. The van der Waals surface area contributed by atoms with Crippen LogP contribution in [0, 0.1) is 5.92 Å². The van der Waals surface area contributed by atoms with Crippen molar-refractivity contribution in [1.82, 2.24) is 25.2 Å². The Morgan fingerprint density at radius 3 is 2.69 bits per heavy atom. The number of allylic oxidation sites excluding steroid dienone is 2. The number of sulfonamides is 1. The number of nitrogens with zero attached hydrogens (tertiary/aromatic N) is 2. The van der Waals surface area contributed by atoms with Crippen molar-refractivity contribution in [3.8, 4) is 0 Å². The van der Waals surface area contributed by atoms with Gasteiger partial charge in [-0.2, -0.15) is 5.10 Å². The molecule has 9 nitrogen and oxygen atoms in total. The highest BCUT2D eigenvalue weighted by Gasteiger charge is 2.33. The van der Waals surface area contributed by atoms with Crippen LogP contribution >= 0.6 is 11.8 Å². The topological polar surface area (TPSA) is 137 Å². The van der Waals surface area contributed by atoms with E-state index in [1.807, 2.05) is 0 Å².